The molecule has 1 heterocycles. The van der Waals surface area contributed by atoms with E-state index < -0.39 is 15.9 Å². The molecule has 0 aliphatic carbocycles. The highest BCUT2D eigenvalue weighted by Gasteiger charge is 2.30. The maximum atomic E-state index is 13.2. The number of hydrogen-bond acceptors (Lipinski definition) is 6. The van der Waals surface area contributed by atoms with Crippen molar-refractivity contribution in [2.75, 3.05) is 31.6 Å². The first kappa shape index (κ1) is 26.2. The average Bonchev–Trinajstić information content (AvgIpc) is 2.85. The van der Waals surface area contributed by atoms with Gasteiger partial charge >= 0.3 is 0 Å². The van der Waals surface area contributed by atoms with Gasteiger partial charge < -0.3 is 10.1 Å². The van der Waals surface area contributed by atoms with E-state index in [9.17, 15) is 13.2 Å². The summed E-state index contributed by atoms with van der Waals surface area (Å²) in [5.41, 5.74) is 3.50. The number of carbonyl (C=O) groups excluding carboxylic acids is 1. The van der Waals surface area contributed by atoms with Gasteiger partial charge in [0.2, 0.25) is 10.0 Å². The summed E-state index contributed by atoms with van der Waals surface area (Å²) in [4.78, 5) is 13.0. The van der Waals surface area contributed by atoms with Crippen LogP contribution in [-0.4, -0.2) is 44.9 Å². The standard InChI is InChI=1S/C25H24Cl2N4O4S/c1-16-3-6-18(7-4-16)29-30-23-13-17(2)5-8-22(23)28-25(32)19-14-24(21(27)15-20(19)26)36(33,34)31-9-11-35-12-10-31/h3-8,13-15H,9-12H2,1-2H3,(H,28,32). The van der Waals surface area contributed by atoms with Crippen molar-refractivity contribution in [2.24, 2.45) is 10.2 Å². The van der Waals surface area contributed by atoms with Gasteiger partial charge in [0, 0.05) is 13.1 Å². The molecular formula is C25H24Cl2N4O4S. The van der Waals surface area contributed by atoms with Crippen LogP contribution in [0, 0.1) is 13.8 Å². The number of amides is 1. The first-order valence-corrected chi connectivity index (χ1v) is 13.3. The predicted molar refractivity (Wildman–Crippen MR) is 141 cm³/mol. The number of sulfonamides is 1. The van der Waals surface area contributed by atoms with Crippen molar-refractivity contribution in [3.63, 3.8) is 0 Å². The van der Waals surface area contributed by atoms with Crippen LogP contribution < -0.4 is 5.32 Å². The molecule has 4 rings (SSSR count). The van der Waals surface area contributed by atoms with Gasteiger partial charge in [-0.1, -0.05) is 47.0 Å². The lowest BCUT2D eigenvalue weighted by molar-refractivity contribution is 0.0730. The minimum absolute atomic E-state index is 0.0216. The van der Waals surface area contributed by atoms with Gasteiger partial charge in [0.1, 0.15) is 10.6 Å². The van der Waals surface area contributed by atoms with Crippen LogP contribution in [0.25, 0.3) is 0 Å². The Hall–Kier alpha value is -2.82. The number of hydrogen-bond donors (Lipinski definition) is 1. The molecular weight excluding hydrogens is 523 g/mol. The fourth-order valence-corrected chi connectivity index (χ4v) is 5.81. The van der Waals surface area contributed by atoms with Crippen LogP contribution in [0.5, 0.6) is 0 Å². The van der Waals surface area contributed by atoms with Crippen LogP contribution in [0.15, 0.2) is 69.7 Å². The second kappa shape index (κ2) is 11.1. The molecule has 0 bridgehead atoms. The molecule has 3 aromatic rings. The number of morpholine rings is 1. The number of nitrogens with one attached hydrogen (secondary N) is 1. The Morgan fingerprint density at radius 1 is 0.917 bits per heavy atom. The van der Waals surface area contributed by atoms with Gasteiger partial charge in [0.25, 0.3) is 5.91 Å². The SMILES string of the molecule is Cc1ccc(N=Nc2cc(C)ccc2NC(=O)c2cc(S(=O)(=O)N3CCOCC3)c(Cl)cc2Cl)cc1. The van der Waals surface area contributed by atoms with Gasteiger partial charge in [0.05, 0.1) is 40.2 Å². The van der Waals surface area contributed by atoms with Crippen LogP contribution >= 0.6 is 23.2 Å². The second-order valence-corrected chi connectivity index (χ2v) is 11.0. The molecule has 1 N–H and O–H groups in total. The van der Waals surface area contributed by atoms with Gasteiger partial charge in [0.15, 0.2) is 0 Å². The molecule has 1 saturated heterocycles. The molecule has 36 heavy (non-hydrogen) atoms. The third-order valence-electron chi connectivity index (χ3n) is 5.56. The number of halogens is 2. The number of benzene rings is 3. The van der Waals surface area contributed by atoms with Crippen molar-refractivity contribution in [2.45, 2.75) is 18.7 Å². The molecule has 11 heteroatoms. The van der Waals surface area contributed by atoms with Crippen molar-refractivity contribution in [1.29, 1.82) is 0 Å². The summed E-state index contributed by atoms with van der Waals surface area (Å²) in [6.45, 7) is 4.84. The topological polar surface area (TPSA) is 100 Å². The average molecular weight is 547 g/mol. The molecule has 1 amide bonds. The van der Waals surface area contributed by atoms with Crippen molar-refractivity contribution < 1.29 is 17.9 Å². The van der Waals surface area contributed by atoms with E-state index in [1.807, 2.05) is 44.2 Å². The summed E-state index contributed by atoms with van der Waals surface area (Å²) in [5.74, 6) is -0.606. The number of anilines is 1. The number of ether oxygens (including phenoxy) is 1. The molecule has 8 nitrogen and oxygen atoms in total. The molecule has 0 aromatic heterocycles. The van der Waals surface area contributed by atoms with Gasteiger partial charge in [-0.25, -0.2) is 8.42 Å². The molecule has 0 atom stereocenters. The number of rotatable bonds is 6. The van der Waals surface area contributed by atoms with Crippen LogP contribution in [0.3, 0.4) is 0 Å². The molecule has 0 spiro atoms. The maximum Gasteiger partial charge on any atom is 0.257 e. The van der Waals surface area contributed by atoms with E-state index in [0.29, 0.717) is 17.1 Å². The Kier molecular flexibility index (Phi) is 8.07. The van der Waals surface area contributed by atoms with E-state index in [1.54, 1.807) is 12.1 Å². The Balaban J connectivity index is 1.64. The lowest BCUT2D eigenvalue weighted by Gasteiger charge is -2.26. The number of aryl methyl sites for hydroxylation is 2. The highest BCUT2D eigenvalue weighted by Crippen LogP contribution is 2.33. The summed E-state index contributed by atoms with van der Waals surface area (Å²) in [7, 11) is -3.95. The third-order valence-corrected chi connectivity index (χ3v) is 8.24. The quantitative estimate of drug-likeness (QED) is 0.366. The minimum Gasteiger partial charge on any atom is -0.379 e. The predicted octanol–water partition coefficient (Wildman–Crippen LogP) is 6.30. The highest BCUT2D eigenvalue weighted by atomic mass is 35.5. The lowest BCUT2D eigenvalue weighted by atomic mass is 10.1. The van der Waals surface area contributed by atoms with E-state index in [0.717, 1.165) is 11.1 Å². The molecule has 3 aromatic carbocycles. The highest BCUT2D eigenvalue weighted by molar-refractivity contribution is 7.89. The van der Waals surface area contributed by atoms with Crippen molar-refractivity contribution in [1.82, 2.24) is 4.31 Å². The van der Waals surface area contributed by atoms with Crippen LogP contribution in [0.2, 0.25) is 10.0 Å². The number of carbonyl (C=O) groups is 1. The van der Waals surface area contributed by atoms with Crippen molar-refractivity contribution in [3.05, 3.63) is 81.3 Å². The fourth-order valence-electron chi connectivity index (χ4n) is 3.57. The largest absolute Gasteiger partial charge is 0.379 e. The van der Waals surface area contributed by atoms with Gasteiger partial charge in [-0.2, -0.15) is 9.42 Å². The molecule has 1 aliphatic rings. The number of azo groups is 1. The fraction of sp³-hybridized carbons (Fsp3) is 0.240. The Morgan fingerprint density at radius 3 is 2.28 bits per heavy atom. The van der Waals surface area contributed by atoms with Crippen molar-refractivity contribution in [3.8, 4) is 0 Å². The second-order valence-electron chi connectivity index (χ2n) is 8.29. The Labute approximate surface area is 219 Å². The van der Waals surface area contributed by atoms with E-state index in [2.05, 4.69) is 15.5 Å². The number of nitrogens with zero attached hydrogens (tertiary/aromatic N) is 3. The molecule has 1 aliphatic heterocycles. The monoisotopic (exact) mass is 546 g/mol. The first-order chi connectivity index (χ1) is 17.1. The minimum atomic E-state index is -3.95. The molecule has 0 unspecified atom stereocenters. The van der Waals surface area contributed by atoms with E-state index >= 15 is 0 Å². The maximum absolute atomic E-state index is 13.2. The van der Waals surface area contributed by atoms with Crippen molar-refractivity contribution >= 4 is 56.2 Å². The summed E-state index contributed by atoms with van der Waals surface area (Å²) in [5, 5.41) is 11.3. The van der Waals surface area contributed by atoms with Gasteiger partial charge in [-0.05, 0) is 55.8 Å². The zero-order valence-electron chi connectivity index (χ0n) is 19.7. The zero-order valence-corrected chi connectivity index (χ0v) is 22.0. The van der Waals surface area contributed by atoms with E-state index in [-0.39, 0.29) is 46.8 Å². The molecule has 0 radical (unpaired) electrons. The lowest BCUT2D eigenvalue weighted by Crippen LogP contribution is -2.40. The smallest absolute Gasteiger partial charge is 0.257 e. The summed E-state index contributed by atoms with van der Waals surface area (Å²) >= 11 is 12.5. The zero-order chi connectivity index (χ0) is 25.9. The Bertz CT molecular complexity index is 1420. The van der Waals surface area contributed by atoms with Crippen LogP contribution in [0.1, 0.15) is 21.5 Å². The molecule has 1 fully saturated rings. The van der Waals surface area contributed by atoms with E-state index in [1.165, 1.54) is 16.4 Å². The van der Waals surface area contributed by atoms with Gasteiger partial charge in [-0.15, -0.1) is 5.11 Å². The first-order valence-electron chi connectivity index (χ1n) is 11.1. The third kappa shape index (κ3) is 5.93. The molecule has 0 saturated carbocycles. The summed E-state index contributed by atoms with van der Waals surface area (Å²) in [6.07, 6.45) is 0. The van der Waals surface area contributed by atoms with E-state index in [4.69, 9.17) is 27.9 Å². The normalized spacial score (nSPS) is 14.8. The Morgan fingerprint density at radius 2 is 1.58 bits per heavy atom. The van der Waals surface area contributed by atoms with Crippen LogP contribution in [0.4, 0.5) is 17.1 Å². The molecule has 188 valence electrons. The summed E-state index contributed by atoms with van der Waals surface area (Å²) < 4.78 is 32.9. The van der Waals surface area contributed by atoms with Gasteiger partial charge in [-0.3, -0.25) is 4.79 Å². The van der Waals surface area contributed by atoms with Crippen LogP contribution in [-0.2, 0) is 14.8 Å². The summed E-state index contributed by atoms with van der Waals surface area (Å²) in [6, 6.07) is 15.3.